The van der Waals surface area contributed by atoms with Gasteiger partial charge in [-0.25, -0.2) is 4.79 Å². The number of hydrogen-bond acceptors (Lipinski definition) is 7. The van der Waals surface area contributed by atoms with Crippen molar-refractivity contribution >= 4 is 17.7 Å². The Morgan fingerprint density at radius 2 is 1.75 bits per heavy atom. The van der Waals surface area contributed by atoms with Crippen LogP contribution in [0, 0.1) is 23.2 Å². The van der Waals surface area contributed by atoms with Gasteiger partial charge in [-0.2, -0.15) is 10.4 Å². The number of likely N-dealkylation sites (tertiary alicyclic amines) is 1. The van der Waals surface area contributed by atoms with E-state index >= 15 is 0 Å². The maximum absolute atomic E-state index is 14.4. The zero-order chi connectivity index (χ0) is 33.2. The van der Waals surface area contributed by atoms with Crippen molar-refractivity contribution in [1.82, 2.24) is 14.7 Å². The van der Waals surface area contributed by atoms with E-state index in [-0.39, 0.29) is 24.0 Å². The van der Waals surface area contributed by atoms with E-state index in [2.05, 4.69) is 40.2 Å². The number of methoxy groups -OCH3 is 1. The van der Waals surface area contributed by atoms with Crippen LogP contribution in [-0.2, 0) is 9.53 Å². The average molecular weight is 652 g/mol. The zero-order valence-corrected chi connectivity index (χ0v) is 27.7. The van der Waals surface area contributed by atoms with Gasteiger partial charge in [0.15, 0.2) is 0 Å². The fourth-order valence-electron chi connectivity index (χ4n) is 7.67. The highest BCUT2D eigenvalue weighted by molar-refractivity contribution is 5.95. The van der Waals surface area contributed by atoms with E-state index in [9.17, 15) is 20.0 Å². The number of aromatic nitrogens is 2. The van der Waals surface area contributed by atoms with Gasteiger partial charge in [0.2, 0.25) is 5.91 Å². The minimum absolute atomic E-state index is 0.132. The highest BCUT2D eigenvalue weighted by Gasteiger charge is 2.36. The molecule has 2 heterocycles. The number of nitrogens with zero attached hydrogens (tertiary/aromatic N) is 5. The Morgan fingerprint density at radius 3 is 2.44 bits per heavy atom. The van der Waals surface area contributed by atoms with E-state index < -0.39 is 6.10 Å². The van der Waals surface area contributed by atoms with Crippen molar-refractivity contribution in [1.29, 1.82) is 5.26 Å². The van der Waals surface area contributed by atoms with Gasteiger partial charge >= 0.3 is 6.09 Å². The van der Waals surface area contributed by atoms with E-state index in [4.69, 9.17) is 9.47 Å². The van der Waals surface area contributed by atoms with E-state index in [1.165, 1.54) is 23.3 Å². The van der Waals surface area contributed by atoms with Gasteiger partial charge in [-0.1, -0.05) is 18.2 Å². The molecule has 10 heteroatoms. The maximum Gasteiger partial charge on any atom is 0.410 e. The first-order chi connectivity index (χ1) is 23.4. The molecule has 0 unspecified atom stereocenters. The van der Waals surface area contributed by atoms with Crippen LogP contribution in [0.5, 0.6) is 5.75 Å². The third kappa shape index (κ3) is 7.07. The Hall–Kier alpha value is -4.36. The first-order valence-corrected chi connectivity index (χ1v) is 17.6. The molecule has 0 bridgehead atoms. The van der Waals surface area contributed by atoms with Crippen LogP contribution in [0.3, 0.4) is 0 Å². The Morgan fingerprint density at radius 1 is 0.979 bits per heavy atom. The lowest BCUT2D eigenvalue weighted by Crippen LogP contribution is -2.54. The lowest BCUT2D eigenvalue weighted by atomic mass is 9.78. The molecule has 4 fully saturated rings. The number of carbonyl (C=O) groups excluding carboxylic acids is 2. The molecule has 1 aromatic heterocycles. The summed E-state index contributed by atoms with van der Waals surface area (Å²) in [6.07, 6.45) is 12.0. The number of benzene rings is 2. The molecule has 0 atom stereocenters. The minimum atomic E-state index is -0.460. The third-order valence-corrected chi connectivity index (χ3v) is 10.8. The van der Waals surface area contributed by atoms with Crippen LogP contribution in [0.15, 0.2) is 54.9 Å². The summed E-state index contributed by atoms with van der Waals surface area (Å²) in [5.41, 5.74) is 4.78. The number of aliphatic hydroxyl groups excluding tert-OH is 1. The SMILES string of the molecule is COc1ccc([C@H]2CC[C@H](CN(c3cccc(-c4cnn(C5CC5)c4)c3)C(=O)[C@H]3CC[C@H](OC(=O)N4CC(O)C4)CC3)CC2)cc1C#N. The Balaban J connectivity index is 1.04. The molecular formula is C38H45N5O5. The number of β-amino-alcohol motifs (C(OH)–C–C–N with tert-alkyl or cyclic N) is 1. The molecular weight excluding hydrogens is 606 g/mol. The van der Waals surface area contributed by atoms with Gasteiger partial charge in [-0.3, -0.25) is 9.48 Å². The van der Waals surface area contributed by atoms with Gasteiger partial charge in [0.25, 0.3) is 0 Å². The van der Waals surface area contributed by atoms with Crippen LogP contribution >= 0.6 is 0 Å². The summed E-state index contributed by atoms with van der Waals surface area (Å²) in [6.45, 7) is 1.31. The van der Waals surface area contributed by atoms with E-state index in [1.54, 1.807) is 7.11 Å². The number of amides is 2. The number of rotatable bonds is 9. The smallest absolute Gasteiger partial charge is 0.410 e. The molecule has 2 amide bonds. The average Bonchev–Trinajstić information content (AvgIpc) is 3.84. The predicted molar refractivity (Wildman–Crippen MR) is 181 cm³/mol. The molecule has 3 aliphatic carbocycles. The molecule has 10 nitrogen and oxygen atoms in total. The molecule has 0 radical (unpaired) electrons. The number of aliphatic hydroxyl groups is 1. The van der Waals surface area contributed by atoms with Crippen molar-refractivity contribution in [2.75, 3.05) is 31.6 Å². The third-order valence-electron chi connectivity index (χ3n) is 10.8. The summed E-state index contributed by atoms with van der Waals surface area (Å²) in [5, 5.41) is 23.7. The molecule has 0 spiro atoms. The highest BCUT2D eigenvalue weighted by Crippen LogP contribution is 2.40. The van der Waals surface area contributed by atoms with Crippen LogP contribution in [0.4, 0.5) is 10.5 Å². The van der Waals surface area contributed by atoms with Crippen LogP contribution in [0.25, 0.3) is 11.1 Å². The monoisotopic (exact) mass is 651 g/mol. The molecule has 3 saturated carbocycles. The zero-order valence-electron chi connectivity index (χ0n) is 27.7. The summed E-state index contributed by atoms with van der Waals surface area (Å²) >= 11 is 0. The fourth-order valence-corrected chi connectivity index (χ4v) is 7.67. The number of nitriles is 1. The Labute approximate surface area is 282 Å². The molecule has 4 aliphatic rings. The van der Waals surface area contributed by atoms with Gasteiger partial charge < -0.3 is 24.4 Å². The van der Waals surface area contributed by atoms with Crippen molar-refractivity contribution in [3.63, 3.8) is 0 Å². The summed E-state index contributed by atoms with van der Waals surface area (Å²) in [5.74, 6) is 1.37. The molecule has 1 aliphatic heterocycles. The minimum Gasteiger partial charge on any atom is -0.495 e. The molecule has 3 aromatic rings. The van der Waals surface area contributed by atoms with E-state index in [0.717, 1.165) is 42.5 Å². The van der Waals surface area contributed by atoms with E-state index in [1.807, 2.05) is 35.4 Å². The van der Waals surface area contributed by atoms with Gasteiger partial charge in [-0.05, 0) is 111 Å². The van der Waals surface area contributed by atoms with Gasteiger partial charge in [-0.15, -0.1) is 0 Å². The number of ether oxygens (including phenoxy) is 2. The van der Waals surface area contributed by atoms with Crippen LogP contribution in [-0.4, -0.2) is 70.7 Å². The van der Waals surface area contributed by atoms with Crippen molar-refractivity contribution in [3.8, 4) is 22.9 Å². The van der Waals surface area contributed by atoms with Gasteiger partial charge in [0.05, 0.1) is 44.1 Å². The lowest BCUT2D eigenvalue weighted by molar-refractivity contribution is -0.124. The second kappa shape index (κ2) is 14.0. The van der Waals surface area contributed by atoms with Crippen molar-refractivity contribution in [2.24, 2.45) is 11.8 Å². The Kier molecular flexibility index (Phi) is 9.40. The number of hydrogen-bond donors (Lipinski definition) is 1. The normalized spacial score (nSPS) is 24.3. The summed E-state index contributed by atoms with van der Waals surface area (Å²) < 4.78 is 13.1. The van der Waals surface area contributed by atoms with E-state index in [0.29, 0.717) is 74.5 Å². The molecule has 1 saturated heterocycles. The largest absolute Gasteiger partial charge is 0.495 e. The highest BCUT2D eigenvalue weighted by atomic mass is 16.6. The van der Waals surface area contributed by atoms with Crippen LogP contribution in [0.1, 0.15) is 87.3 Å². The summed E-state index contributed by atoms with van der Waals surface area (Å²) in [4.78, 5) is 30.4. The molecule has 252 valence electrons. The lowest BCUT2D eigenvalue weighted by Gasteiger charge is -2.38. The molecule has 7 rings (SSSR count). The first-order valence-electron chi connectivity index (χ1n) is 17.6. The second-order valence-electron chi connectivity index (χ2n) is 14.1. The standard InChI is InChI=1S/C38H45N5O5/c1-47-36-16-11-29(17-30(36)19-39)26-7-5-25(6-8-26)21-42(33-4-2-3-28(18-33)31-20-40-43(22-31)32-12-13-32)37(45)27-9-14-35(15-10-27)48-38(46)41-23-34(44)24-41/h2-4,11,16-18,20,22,25-27,32,34-35,44H,5-10,12-15,21,23-24H2,1H3/t25-,26-,27-,35-. The maximum atomic E-state index is 14.4. The number of carbonyl (C=O) groups is 2. The fraction of sp³-hybridized carbons (Fsp3) is 0.526. The molecule has 48 heavy (non-hydrogen) atoms. The van der Waals surface area contributed by atoms with Crippen molar-refractivity contribution in [3.05, 3.63) is 66.0 Å². The summed E-state index contributed by atoms with van der Waals surface area (Å²) in [7, 11) is 1.59. The van der Waals surface area contributed by atoms with Gasteiger partial charge in [0.1, 0.15) is 17.9 Å². The van der Waals surface area contributed by atoms with Crippen molar-refractivity contribution in [2.45, 2.75) is 88.4 Å². The quantitative estimate of drug-likeness (QED) is 0.283. The first kappa shape index (κ1) is 32.2. The topological polar surface area (TPSA) is 121 Å². The van der Waals surface area contributed by atoms with Crippen LogP contribution < -0.4 is 9.64 Å². The predicted octanol–water partition coefficient (Wildman–Crippen LogP) is 6.44. The van der Waals surface area contributed by atoms with Crippen LogP contribution in [0.2, 0.25) is 0 Å². The summed E-state index contributed by atoms with van der Waals surface area (Å²) in [6, 6.07) is 17.0. The number of anilines is 1. The molecule has 2 aromatic carbocycles. The second-order valence-corrected chi connectivity index (χ2v) is 14.1. The Bertz CT molecular complexity index is 1660. The van der Waals surface area contributed by atoms with Crippen molar-refractivity contribution < 1.29 is 24.2 Å². The van der Waals surface area contributed by atoms with Gasteiger partial charge in [0, 0.05) is 29.9 Å². The molecule has 1 N–H and O–H groups in total.